The molecular weight excluding hydrogens is 712 g/mol. The molecule has 10 heteroatoms. The van der Waals surface area contributed by atoms with Gasteiger partial charge in [0.15, 0.2) is 0 Å². The molecule has 2 fully saturated rings. The van der Waals surface area contributed by atoms with Crippen LogP contribution >= 0.6 is 11.6 Å². The van der Waals surface area contributed by atoms with Crippen LogP contribution in [0.25, 0.3) is 0 Å². The molecule has 0 spiro atoms. The number of benzene rings is 4. The van der Waals surface area contributed by atoms with E-state index in [1.807, 2.05) is 18.2 Å². The van der Waals surface area contributed by atoms with Gasteiger partial charge in [0.2, 0.25) is 0 Å². The molecule has 2 unspecified atom stereocenters. The molecule has 4 heterocycles. The van der Waals surface area contributed by atoms with Gasteiger partial charge in [-0.15, -0.1) is 0 Å². The zero-order valence-corrected chi connectivity index (χ0v) is 33.2. The predicted molar refractivity (Wildman–Crippen MR) is 219 cm³/mol. The smallest absolute Gasteiger partial charge is 0.347 e. The molecule has 0 radical (unpaired) electrons. The number of fused-ring (bicyclic) bond motifs is 2. The maximum absolute atomic E-state index is 13.9. The van der Waals surface area contributed by atoms with Crippen molar-refractivity contribution in [2.75, 3.05) is 73.0 Å². The molecule has 9 nitrogen and oxygen atoms in total. The number of halogens is 1. The van der Waals surface area contributed by atoms with Crippen LogP contribution in [0.1, 0.15) is 88.3 Å². The van der Waals surface area contributed by atoms with Crippen LogP contribution in [0.5, 0.6) is 0 Å². The Bertz CT molecular complexity index is 2120. The topological polar surface area (TPSA) is 92.4 Å². The number of nitrogens with zero attached hydrogens (tertiary/aromatic N) is 2. The first-order chi connectivity index (χ1) is 26.4. The Morgan fingerprint density at radius 1 is 0.709 bits per heavy atom. The van der Waals surface area contributed by atoms with Crippen LogP contribution in [0.3, 0.4) is 0 Å². The highest BCUT2D eigenvalue weighted by molar-refractivity contribution is 6.34. The summed E-state index contributed by atoms with van der Waals surface area (Å²) in [5.74, 6) is -1.44. The van der Waals surface area contributed by atoms with Gasteiger partial charge >= 0.3 is 11.9 Å². The summed E-state index contributed by atoms with van der Waals surface area (Å²) in [6.45, 7) is 17.4. The molecule has 0 aromatic heterocycles. The monoisotopic (exact) mass is 762 g/mol. The van der Waals surface area contributed by atoms with Crippen LogP contribution in [-0.2, 0) is 27.1 Å². The Morgan fingerprint density at radius 3 is 2.05 bits per heavy atom. The van der Waals surface area contributed by atoms with Gasteiger partial charge in [0.25, 0.3) is 0 Å². The van der Waals surface area contributed by atoms with E-state index < -0.39 is 11.9 Å². The van der Waals surface area contributed by atoms with E-state index in [1.54, 1.807) is 12.1 Å². The lowest BCUT2D eigenvalue weighted by Gasteiger charge is -2.42. The molecule has 4 aromatic carbocycles. The number of carbonyl (C=O) groups excluding carboxylic acids is 2. The van der Waals surface area contributed by atoms with Gasteiger partial charge in [0, 0.05) is 48.9 Å². The summed E-state index contributed by atoms with van der Waals surface area (Å²) in [6.07, 6.45) is 1.31. The van der Waals surface area contributed by atoms with Gasteiger partial charge in [-0.1, -0.05) is 57.5 Å². The third kappa shape index (κ3) is 7.54. The fraction of sp³-hybridized carbons (Fsp3) is 0.422. The number of rotatable bonds is 6. The number of morpholine rings is 2. The summed E-state index contributed by atoms with van der Waals surface area (Å²) in [4.78, 5) is 32.3. The zero-order valence-electron chi connectivity index (χ0n) is 32.5. The van der Waals surface area contributed by atoms with Crippen molar-refractivity contribution in [2.45, 2.75) is 59.5 Å². The molecule has 0 saturated carbocycles. The lowest BCUT2D eigenvalue weighted by molar-refractivity contribution is 0.0396. The van der Waals surface area contributed by atoms with Gasteiger partial charge in [0.1, 0.15) is 0 Å². The zero-order chi connectivity index (χ0) is 38.5. The molecule has 8 rings (SSSR count). The Morgan fingerprint density at radius 2 is 1.33 bits per heavy atom. The summed E-state index contributed by atoms with van der Waals surface area (Å²) in [5.41, 5.74) is 9.66. The lowest BCUT2D eigenvalue weighted by Crippen LogP contribution is -2.37. The first-order valence-corrected chi connectivity index (χ1v) is 19.8. The molecule has 4 aliphatic heterocycles. The van der Waals surface area contributed by atoms with Gasteiger partial charge in [-0.3, -0.25) is 0 Å². The van der Waals surface area contributed by atoms with Crippen molar-refractivity contribution in [3.63, 3.8) is 0 Å². The highest BCUT2D eigenvalue weighted by Crippen LogP contribution is 2.48. The molecule has 2 atom stereocenters. The van der Waals surface area contributed by atoms with E-state index in [0.717, 1.165) is 81.5 Å². The summed E-state index contributed by atoms with van der Waals surface area (Å²) >= 11 is 6.72. The molecule has 55 heavy (non-hydrogen) atoms. The molecule has 288 valence electrons. The van der Waals surface area contributed by atoms with Crippen LogP contribution in [-0.4, -0.2) is 64.5 Å². The second kappa shape index (κ2) is 14.8. The fourth-order valence-corrected chi connectivity index (χ4v) is 9.22. The Balaban J connectivity index is 0.997. The van der Waals surface area contributed by atoms with Crippen molar-refractivity contribution < 1.29 is 23.8 Å². The number of nitrogens with one attached hydrogen (secondary N) is 2. The number of aryl methyl sites for hydroxylation is 1. The van der Waals surface area contributed by atoms with Gasteiger partial charge in [-0.2, -0.15) is 0 Å². The summed E-state index contributed by atoms with van der Waals surface area (Å²) in [7, 11) is 0. The summed E-state index contributed by atoms with van der Waals surface area (Å²) in [5, 5.41) is 7.76. The number of anilines is 4. The number of hydrogen-bond donors (Lipinski definition) is 2. The van der Waals surface area contributed by atoms with E-state index in [0.29, 0.717) is 12.0 Å². The van der Waals surface area contributed by atoms with E-state index in [-0.39, 0.29) is 33.5 Å². The van der Waals surface area contributed by atoms with Crippen molar-refractivity contribution >= 4 is 46.3 Å². The molecular formula is C45H51ClN4O5. The van der Waals surface area contributed by atoms with Gasteiger partial charge in [-0.25, -0.2) is 9.59 Å². The quantitative estimate of drug-likeness (QED) is 0.148. The van der Waals surface area contributed by atoms with Crippen molar-refractivity contribution in [3.8, 4) is 0 Å². The Kier molecular flexibility index (Phi) is 10.1. The van der Waals surface area contributed by atoms with Gasteiger partial charge < -0.3 is 34.6 Å². The van der Waals surface area contributed by atoms with Gasteiger partial charge in [0.05, 0.1) is 54.7 Å². The molecule has 0 amide bonds. The number of ether oxygens (including phenoxy) is 3. The van der Waals surface area contributed by atoms with Crippen LogP contribution < -0.4 is 20.4 Å². The van der Waals surface area contributed by atoms with Crippen molar-refractivity contribution in [3.05, 3.63) is 117 Å². The standard InChI is InChI=1S/C45H51ClN4O5/c1-28-21-31(25-34(22-28)50-15-19-54-20-16-50)41-44(2,3)26-32-23-30(9-11-37(32)47-41)42(51)55-43(52)39-35-27-45(4,5)40(48-38(35)12-10-36(39)46)29-7-6-8-33(24-29)49-13-17-53-18-14-49/h6-12,21-25,40-41,47-48H,13-20,26-27H2,1-5H3. The van der Waals surface area contributed by atoms with Crippen LogP contribution in [0.4, 0.5) is 22.7 Å². The molecule has 4 aromatic rings. The van der Waals surface area contributed by atoms with Crippen molar-refractivity contribution in [2.24, 2.45) is 10.8 Å². The first-order valence-electron chi connectivity index (χ1n) is 19.5. The van der Waals surface area contributed by atoms with Gasteiger partial charge in [-0.05, 0) is 113 Å². The number of carbonyl (C=O) groups is 2. The molecule has 2 N–H and O–H groups in total. The molecule has 0 aliphatic carbocycles. The third-order valence-corrected chi connectivity index (χ3v) is 12.1. The highest BCUT2D eigenvalue weighted by Gasteiger charge is 2.40. The average Bonchev–Trinajstić information content (AvgIpc) is 3.17. The maximum atomic E-state index is 13.9. The fourth-order valence-electron chi connectivity index (χ4n) is 8.97. The SMILES string of the molecule is Cc1cc(C2Nc3ccc(C(=O)OC(=O)c4c(Cl)ccc5c4CC(C)(C)C(c4cccc(N6CCOCC6)c4)N5)cc3CC2(C)C)cc(N2CCOCC2)c1. The van der Waals surface area contributed by atoms with Crippen LogP contribution in [0.2, 0.25) is 5.02 Å². The van der Waals surface area contributed by atoms with Crippen LogP contribution in [0.15, 0.2) is 72.8 Å². The van der Waals surface area contributed by atoms with E-state index in [2.05, 4.69) is 97.5 Å². The number of hydrogen-bond acceptors (Lipinski definition) is 9. The minimum absolute atomic E-state index is 0.0154. The molecule has 0 bridgehead atoms. The van der Waals surface area contributed by atoms with E-state index in [1.165, 1.54) is 28.1 Å². The summed E-state index contributed by atoms with van der Waals surface area (Å²) < 4.78 is 16.8. The van der Waals surface area contributed by atoms with E-state index in [9.17, 15) is 9.59 Å². The Labute approximate surface area is 329 Å². The minimum atomic E-state index is -0.746. The normalized spacial score (nSPS) is 21.4. The molecule has 4 aliphatic rings. The van der Waals surface area contributed by atoms with Crippen molar-refractivity contribution in [1.29, 1.82) is 0 Å². The second-order valence-corrected chi connectivity index (χ2v) is 17.3. The van der Waals surface area contributed by atoms with Crippen LogP contribution in [0, 0.1) is 17.8 Å². The largest absolute Gasteiger partial charge is 0.386 e. The number of esters is 2. The first kappa shape index (κ1) is 37.4. The lowest BCUT2D eigenvalue weighted by atomic mass is 9.72. The average molecular weight is 763 g/mol. The Hall–Kier alpha value is -4.57. The van der Waals surface area contributed by atoms with E-state index in [4.69, 9.17) is 25.8 Å². The van der Waals surface area contributed by atoms with E-state index >= 15 is 0 Å². The maximum Gasteiger partial charge on any atom is 0.347 e. The summed E-state index contributed by atoms with van der Waals surface area (Å²) in [6, 6.07) is 24.6. The second-order valence-electron chi connectivity index (χ2n) is 16.9. The highest BCUT2D eigenvalue weighted by atomic mass is 35.5. The minimum Gasteiger partial charge on any atom is -0.386 e. The molecule has 2 saturated heterocycles. The third-order valence-electron chi connectivity index (χ3n) is 11.8. The van der Waals surface area contributed by atoms with Crippen molar-refractivity contribution in [1.82, 2.24) is 0 Å². The predicted octanol–water partition coefficient (Wildman–Crippen LogP) is 8.79.